The minimum atomic E-state index is -0.547. The highest BCUT2D eigenvalue weighted by atomic mass is 35.5. The molecule has 4 nitrogen and oxygen atoms in total. The number of rotatable bonds is 5. The highest BCUT2D eigenvalue weighted by Gasteiger charge is 2.52. The van der Waals surface area contributed by atoms with E-state index in [4.69, 9.17) is 25.8 Å². The molecule has 0 amide bonds. The van der Waals surface area contributed by atoms with Crippen LogP contribution in [0.25, 0.3) is 0 Å². The number of benzene rings is 2. The van der Waals surface area contributed by atoms with Gasteiger partial charge in [0.25, 0.3) is 0 Å². The third-order valence-electron chi connectivity index (χ3n) is 4.50. The Morgan fingerprint density at radius 2 is 1.50 bits per heavy atom. The van der Waals surface area contributed by atoms with Gasteiger partial charge in [0.05, 0.1) is 27.2 Å². The molecule has 0 saturated heterocycles. The Bertz CT molecular complexity index is 719. The van der Waals surface area contributed by atoms with Crippen LogP contribution in [0.1, 0.15) is 23.0 Å². The fourth-order valence-corrected chi connectivity index (χ4v) is 3.70. The van der Waals surface area contributed by atoms with E-state index in [0.29, 0.717) is 17.2 Å². The number of carbonyl (C=O) groups is 1. The number of hydrogen-bond donors (Lipinski definition) is 0. The summed E-state index contributed by atoms with van der Waals surface area (Å²) in [4.78, 5) is 12.6. The predicted octanol–water partition coefficient (Wildman–Crippen LogP) is 3.77. The highest BCUT2D eigenvalue weighted by Crippen LogP contribution is 2.54. The summed E-state index contributed by atoms with van der Waals surface area (Å²) < 4.78 is 16.3. The first-order chi connectivity index (χ1) is 11.6. The number of Topliss-reactive ketones (excluding diaryl/α,β-unsaturated/α-hetero) is 1. The van der Waals surface area contributed by atoms with E-state index in [0.717, 1.165) is 11.1 Å². The molecule has 3 rings (SSSR count). The molecule has 2 aromatic carbocycles. The number of ether oxygens (including phenoxy) is 3. The summed E-state index contributed by atoms with van der Waals surface area (Å²) >= 11 is 6.34. The van der Waals surface area contributed by atoms with Gasteiger partial charge in [-0.25, -0.2) is 0 Å². The smallest absolute Gasteiger partial charge is 0.159 e. The third-order valence-corrected chi connectivity index (χ3v) is 4.99. The topological polar surface area (TPSA) is 44.8 Å². The van der Waals surface area contributed by atoms with E-state index in [1.807, 2.05) is 30.3 Å². The zero-order chi connectivity index (χ0) is 17.3. The van der Waals surface area contributed by atoms with Crippen LogP contribution in [0.4, 0.5) is 0 Å². The first kappa shape index (κ1) is 16.7. The summed E-state index contributed by atoms with van der Waals surface area (Å²) in [5, 5.41) is -0.547. The van der Waals surface area contributed by atoms with Crippen LogP contribution in [-0.4, -0.2) is 32.5 Å². The van der Waals surface area contributed by atoms with E-state index in [1.165, 1.54) is 0 Å². The molecule has 0 radical (unpaired) electrons. The van der Waals surface area contributed by atoms with E-state index in [9.17, 15) is 4.79 Å². The van der Waals surface area contributed by atoms with Crippen LogP contribution in [0.2, 0.25) is 0 Å². The maximum Gasteiger partial charge on any atom is 0.159 e. The Kier molecular flexibility index (Phi) is 4.67. The minimum absolute atomic E-state index is 0.0210. The number of methoxy groups -OCH3 is 3. The van der Waals surface area contributed by atoms with Gasteiger partial charge in [-0.2, -0.15) is 0 Å². The maximum atomic E-state index is 12.6. The average molecular weight is 347 g/mol. The van der Waals surface area contributed by atoms with Crippen molar-refractivity contribution in [2.45, 2.75) is 17.2 Å². The number of ketones is 1. The summed E-state index contributed by atoms with van der Waals surface area (Å²) in [6.45, 7) is 0. The van der Waals surface area contributed by atoms with Gasteiger partial charge in [-0.1, -0.05) is 30.3 Å². The molecule has 126 valence electrons. The molecule has 0 aromatic heterocycles. The normalized spacial score (nSPS) is 22.7. The molecule has 0 heterocycles. The van der Waals surface area contributed by atoms with Gasteiger partial charge in [0.1, 0.15) is 22.6 Å². The summed E-state index contributed by atoms with van der Waals surface area (Å²) in [6, 6.07) is 13.3. The van der Waals surface area contributed by atoms with E-state index < -0.39 is 11.3 Å². The Balaban J connectivity index is 2.11. The zero-order valence-corrected chi connectivity index (χ0v) is 14.5. The molecule has 0 spiro atoms. The van der Waals surface area contributed by atoms with Crippen LogP contribution in [0, 0.1) is 0 Å². The van der Waals surface area contributed by atoms with Gasteiger partial charge in [0.15, 0.2) is 5.78 Å². The lowest BCUT2D eigenvalue weighted by atomic mass is 9.65. The van der Waals surface area contributed by atoms with Crippen molar-refractivity contribution in [3.8, 4) is 17.2 Å². The predicted molar refractivity (Wildman–Crippen MR) is 92.7 cm³/mol. The van der Waals surface area contributed by atoms with Crippen LogP contribution in [0.5, 0.6) is 17.2 Å². The molecule has 1 aliphatic carbocycles. The second-order valence-electron chi connectivity index (χ2n) is 5.66. The summed E-state index contributed by atoms with van der Waals surface area (Å²) in [5.41, 5.74) is 1.75. The minimum Gasteiger partial charge on any atom is -0.496 e. The Hall–Kier alpha value is -2.20. The molecule has 0 N–H and O–H groups in total. The summed E-state index contributed by atoms with van der Waals surface area (Å²) in [5.74, 6) is 1.20. The molecule has 1 fully saturated rings. The molecular weight excluding hydrogens is 328 g/mol. The fourth-order valence-electron chi connectivity index (χ4n) is 3.27. The Morgan fingerprint density at radius 3 is 2.00 bits per heavy atom. The van der Waals surface area contributed by atoms with Gasteiger partial charge in [-0.3, -0.25) is 4.79 Å². The average Bonchev–Trinajstić information content (AvgIpc) is 2.64. The van der Waals surface area contributed by atoms with Gasteiger partial charge in [-0.15, -0.1) is 11.6 Å². The van der Waals surface area contributed by atoms with E-state index in [2.05, 4.69) is 0 Å². The van der Waals surface area contributed by atoms with Gasteiger partial charge in [0.2, 0.25) is 0 Å². The molecule has 2 aromatic rings. The molecule has 0 bridgehead atoms. The maximum absolute atomic E-state index is 12.6. The van der Waals surface area contributed by atoms with Crippen LogP contribution >= 0.6 is 11.6 Å². The number of hydrogen-bond acceptors (Lipinski definition) is 4. The van der Waals surface area contributed by atoms with Crippen molar-refractivity contribution >= 4 is 17.4 Å². The summed E-state index contributed by atoms with van der Waals surface area (Å²) in [6.07, 6.45) is 0. The van der Waals surface area contributed by atoms with Crippen LogP contribution in [-0.2, 0) is 4.79 Å². The van der Waals surface area contributed by atoms with Crippen molar-refractivity contribution in [1.29, 1.82) is 0 Å². The molecule has 3 atom stereocenters. The molecule has 24 heavy (non-hydrogen) atoms. The van der Waals surface area contributed by atoms with Gasteiger partial charge in [0, 0.05) is 23.6 Å². The van der Waals surface area contributed by atoms with Crippen molar-refractivity contribution in [2.75, 3.05) is 21.3 Å². The molecule has 1 aliphatic rings. The van der Waals surface area contributed by atoms with E-state index in [-0.39, 0.29) is 11.7 Å². The molecule has 1 saturated carbocycles. The van der Waals surface area contributed by atoms with Crippen molar-refractivity contribution < 1.29 is 19.0 Å². The van der Waals surface area contributed by atoms with Crippen molar-refractivity contribution in [3.63, 3.8) is 0 Å². The van der Waals surface area contributed by atoms with Gasteiger partial charge >= 0.3 is 0 Å². The molecule has 0 unspecified atom stereocenters. The first-order valence-electron chi connectivity index (χ1n) is 7.65. The largest absolute Gasteiger partial charge is 0.496 e. The monoisotopic (exact) mass is 346 g/mol. The SMILES string of the molecule is COc1cc(OC)c([C@@H]2C(=O)[C@@H](Cl)[C@@H]2c2ccccc2)c(OC)c1. The standard InChI is InChI=1S/C19H19ClO4/c1-22-12-9-13(23-2)16(14(10-12)24-3)17-15(18(20)19(17)21)11-7-5-4-6-8-11/h4-10,15,17-18H,1-3H3/t15-,17-,18+/m1/s1. The third kappa shape index (κ3) is 2.61. The van der Waals surface area contributed by atoms with Crippen LogP contribution in [0.15, 0.2) is 42.5 Å². The Labute approximate surface area is 146 Å². The summed E-state index contributed by atoms with van der Waals surface area (Å²) in [7, 11) is 4.71. The second-order valence-corrected chi connectivity index (χ2v) is 6.13. The van der Waals surface area contributed by atoms with Crippen molar-refractivity contribution in [2.24, 2.45) is 0 Å². The Morgan fingerprint density at radius 1 is 0.917 bits per heavy atom. The zero-order valence-electron chi connectivity index (χ0n) is 13.8. The van der Waals surface area contributed by atoms with E-state index >= 15 is 0 Å². The second kappa shape index (κ2) is 6.73. The van der Waals surface area contributed by atoms with Crippen LogP contribution in [0.3, 0.4) is 0 Å². The quantitative estimate of drug-likeness (QED) is 0.773. The number of alkyl halides is 1. The van der Waals surface area contributed by atoms with Crippen molar-refractivity contribution in [1.82, 2.24) is 0 Å². The molecule has 5 heteroatoms. The van der Waals surface area contributed by atoms with Gasteiger partial charge in [-0.05, 0) is 5.56 Å². The highest BCUT2D eigenvalue weighted by molar-refractivity contribution is 6.36. The van der Waals surface area contributed by atoms with E-state index in [1.54, 1.807) is 33.5 Å². The molecular formula is C19H19ClO4. The number of halogens is 1. The fraction of sp³-hybridized carbons (Fsp3) is 0.316. The lowest BCUT2D eigenvalue weighted by molar-refractivity contribution is -0.126. The lowest BCUT2D eigenvalue weighted by Crippen LogP contribution is -2.45. The van der Waals surface area contributed by atoms with Crippen molar-refractivity contribution in [3.05, 3.63) is 53.6 Å². The van der Waals surface area contributed by atoms with Crippen LogP contribution < -0.4 is 14.2 Å². The van der Waals surface area contributed by atoms with Gasteiger partial charge < -0.3 is 14.2 Å². The first-order valence-corrected chi connectivity index (χ1v) is 8.08. The molecule has 0 aliphatic heterocycles. The lowest BCUT2D eigenvalue weighted by Gasteiger charge is -2.41. The number of carbonyl (C=O) groups excluding carboxylic acids is 1.